The second-order valence-corrected chi connectivity index (χ2v) is 5.22. The molecule has 0 heterocycles. The SMILES string of the molecule is CC(C(=O)O)c1ccc(OCCOc2ccc(Cl)cc2)cc1. The van der Waals surface area contributed by atoms with Crippen LogP contribution in [0.5, 0.6) is 11.5 Å². The highest BCUT2D eigenvalue weighted by Gasteiger charge is 2.12. The Bertz CT molecular complexity index is 608. The fraction of sp³-hybridized carbons (Fsp3) is 0.235. The van der Waals surface area contributed by atoms with Crippen molar-refractivity contribution in [1.29, 1.82) is 0 Å². The molecule has 0 bridgehead atoms. The standard InChI is InChI=1S/C17H17ClO4/c1-12(17(19)20)13-2-6-15(7-3-13)21-10-11-22-16-8-4-14(18)5-9-16/h2-9,12H,10-11H2,1H3,(H,19,20). The maximum atomic E-state index is 10.9. The van der Waals surface area contributed by atoms with Crippen LogP contribution < -0.4 is 9.47 Å². The van der Waals surface area contributed by atoms with E-state index in [0.717, 1.165) is 11.3 Å². The summed E-state index contributed by atoms with van der Waals surface area (Å²) in [6.07, 6.45) is 0. The Morgan fingerprint density at radius 1 is 1.00 bits per heavy atom. The van der Waals surface area contributed by atoms with Crippen LogP contribution in [0.2, 0.25) is 5.02 Å². The van der Waals surface area contributed by atoms with Crippen LogP contribution in [0.15, 0.2) is 48.5 Å². The van der Waals surface area contributed by atoms with E-state index in [1.807, 2.05) is 0 Å². The van der Waals surface area contributed by atoms with E-state index in [2.05, 4.69) is 0 Å². The molecule has 0 aliphatic carbocycles. The van der Waals surface area contributed by atoms with Crippen LogP contribution in [-0.4, -0.2) is 24.3 Å². The second kappa shape index (κ2) is 7.71. The lowest BCUT2D eigenvalue weighted by Crippen LogP contribution is -2.09. The molecule has 1 N–H and O–H groups in total. The average Bonchev–Trinajstić information content (AvgIpc) is 2.53. The maximum absolute atomic E-state index is 10.9. The Hall–Kier alpha value is -2.20. The number of ether oxygens (including phenoxy) is 2. The van der Waals surface area contributed by atoms with Gasteiger partial charge in [-0.15, -0.1) is 0 Å². The van der Waals surface area contributed by atoms with Crippen LogP contribution in [0.1, 0.15) is 18.4 Å². The lowest BCUT2D eigenvalue weighted by Gasteiger charge is -2.10. The Balaban J connectivity index is 1.77. The Kier molecular flexibility index (Phi) is 5.67. The minimum atomic E-state index is -0.843. The van der Waals surface area contributed by atoms with E-state index < -0.39 is 11.9 Å². The number of carboxylic acid groups (broad SMARTS) is 1. The molecular weight excluding hydrogens is 304 g/mol. The molecule has 0 radical (unpaired) electrons. The zero-order valence-corrected chi connectivity index (χ0v) is 12.9. The summed E-state index contributed by atoms with van der Waals surface area (Å²) in [6.45, 7) is 2.46. The normalized spacial score (nSPS) is 11.7. The van der Waals surface area contributed by atoms with Crippen molar-refractivity contribution in [1.82, 2.24) is 0 Å². The van der Waals surface area contributed by atoms with Gasteiger partial charge in [0.05, 0.1) is 5.92 Å². The van der Waals surface area contributed by atoms with Crippen molar-refractivity contribution in [2.75, 3.05) is 13.2 Å². The molecule has 2 aromatic carbocycles. The molecule has 0 fully saturated rings. The van der Waals surface area contributed by atoms with Crippen molar-refractivity contribution in [2.24, 2.45) is 0 Å². The average molecular weight is 321 g/mol. The first-order valence-electron chi connectivity index (χ1n) is 6.90. The molecule has 4 nitrogen and oxygen atoms in total. The fourth-order valence-electron chi connectivity index (χ4n) is 1.85. The zero-order chi connectivity index (χ0) is 15.9. The summed E-state index contributed by atoms with van der Waals surface area (Å²) < 4.78 is 11.1. The number of carbonyl (C=O) groups is 1. The Morgan fingerprint density at radius 2 is 1.45 bits per heavy atom. The van der Waals surface area contributed by atoms with Gasteiger partial charge in [-0.3, -0.25) is 4.79 Å². The van der Waals surface area contributed by atoms with Gasteiger partial charge >= 0.3 is 5.97 Å². The molecule has 0 aliphatic heterocycles. The number of hydrogen-bond donors (Lipinski definition) is 1. The smallest absolute Gasteiger partial charge is 0.310 e. The van der Waals surface area contributed by atoms with E-state index in [1.165, 1.54) is 0 Å². The monoisotopic (exact) mass is 320 g/mol. The van der Waals surface area contributed by atoms with E-state index in [4.69, 9.17) is 26.2 Å². The summed E-state index contributed by atoms with van der Waals surface area (Å²) in [5, 5.41) is 9.61. The topological polar surface area (TPSA) is 55.8 Å². The number of halogens is 1. The molecule has 0 aliphatic rings. The summed E-state index contributed by atoms with van der Waals surface area (Å²) in [7, 11) is 0. The van der Waals surface area contributed by atoms with Crippen molar-refractivity contribution < 1.29 is 19.4 Å². The molecule has 0 spiro atoms. The lowest BCUT2D eigenvalue weighted by molar-refractivity contribution is -0.138. The summed E-state index contributed by atoms with van der Waals surface area (Å²) >= 11 is 5.79. The first-order valence-corrected chi connectivity index (χ1v) is 7.28. The van der Waals surface area contributed by atoms with Crippen LogP contribution >= 0.6 is 11.6 Å². The van der Waals surface area contributed by atoms with Gasteiger partial charge in [-0.25, -0.2) is 0 Å². The molecule has 22 heavy (non-hydrogen) atoms. The number of benzene rings is 2. The van der Waals surface area contributed by atoms with Gasteiger partial charge in [0.25, 0.3) is 0 Å². The van der Waals surface area contributed by atoms with Crippen molar-refractivity contribution in [3.05, 3.63) is 59.1 Å². The number of aliphatic carboxylic acids is 1. The highest BCUT2D eigenvalue weighted by atomic mass is 35.5. The minimum absolute atomic E-state index is 0.399. The van der Waals surface area contributed by atoms with E-state index in [1.54, 1.807) is 55.5 Å². The molecular formula is C17H17ClO4. The van der Waals surface area contributed by atoms with E-state index in [9.17, 15) is 4.79 Å². The predicted molar refractivity (Wildman–Crippen MR) is 84.9 cm³/mol. The molecule has 0 saturated heterocycles. The molecule has 1 atom stereocenters. The summed E-state index contributed by atoms with van der Waals surface area (Å²) in [5.74, 6) is 0.0481. The summed E-state index contributed by atoms with van der Waals surface area (Å²) in [5.41, 5.74) is 0.747. The minimum Gasteiger partial charge on any atom is -0.490 e. The first kappa shape index (κ1) is 16.2. The molecule has 5 heteroatoms. The van der Waals surface area contributed by atoms with Gasteiger partial charge in [-0.1, -0.05) is 23.7 Å². The van der Waals surface area contributed by atoms with Crippen LogP contribution in [0, 0.1) is 0 Å². The molecule has 2 aromatic rings. The molecule has 116 valence electrons. The number of hydrogen-bond acceptors (Lipinski definition) is 3. The second-order valence-electron chi connectivity index (χ2n) is 4.78. The molecule has 0 saturated carbocycles. The van der Waals surface area contributed by atoms with Gasteiger partial charge in [0.1, 0.15) is 24.7 Å². The highest BCUT2D eigenvalue weighted by Crippen LogP contribution is 2.19. The van der Waals surface area contributed by atoms with Crippen molar-refractivity contribution in [3.8, 4) is 11.5 Å². The van der Waals surface area contributed by atoms with Crippen LogP contribution in [0.25, 0.3) is 0 Å². The predicted octanol–water partition coefficient (Wildman–Crippen LogP) is 3.99. The van der Waals surface area contributed by atoms with Gasteiger partial charge in [0, 0.05) is 5.02 Å². The molecule has 1 unspecified atom stereocenters. The van der Waals surface area contributed by atoms with Gasteiger partial charge in [-0.05, 0) is 48.9 Å². The third-order valence-electron chi connectivity index (χ3n) is 3.18. The van der Waals surface area contributed by atoms with Crippen LogP contribution in [0.3, 0.4) is 0 Å². The third-order valence-corrected chi connectivity index (χ3v) is 3.44. The maximum Gasteiger partial charge on any atom is 0.310 e. The first-order chi connectivity index (χ1) is 10.6. The van der Waals surface area contributed by atoms with Gasteiger partial charge in [0.2, 0.25) is 0 Å². The third kappa shape index (κ3) is 4.67. The molecule has 0 aromatic heterocycles. The van der Waals surface area contributed by atoms with Crippen molar-refractivity contribution >= 4 is 17.6 Å². The van der Waals surface area contributed by atoms with E-state index in [0.29, 0.717) is 24.0 Å². The van der Waals surface area contributed by atoms with Crippen molar-refractivity contribution in [2.45, 2.75) is 12.8 Å². The zero-order valence-electron chi connectivity index (χ0n) is 12.2. The van der Waals surface area contributed by atoms with Gasteiger partial charge in [-0.2, -0.15) is 0 Å². The quantitative estimate of drug-likeness (QED) is 0.784. The Labute approximate surface area is 134 Å². The van der Waals surface area contributed by atoms with Gasteiger partial charge in [0.15, 0.2) is 0 Å². The van der Waals surface area contributed by atoms with Gasteiger partial charge < -0.3 is 14.6 Å². The Morgan fingerprint density at radius 3 is 1.91 bits per heavy atom. The fourth-order valence-corrected chi connectivity index (χ4v) is 1.97. The lowest BCUT2D eigenvalue weighted by atomic mass is 10.0. The summed E-state index contributed by atoms with van der Waals surface area (Å²) in [4.78, 5) is 10.9. The highest BCUT2D eigenvalue weighted by molar-refractivity contribution is 6.30. The van der Waals surface area contributed by atoms with E-state index in [-0.39, 0.29) is 0 Å². The number of carboxylic acids is 1. The number of rotatable bonds is 7. The van der Waals surface area contributed by atoms with Crippen LogP contribution in [0.4, 0.5) is 0 Å². The van der Waals surface area contributed by atoms with Crippen LogP contribution in [-0.2, 0) is 4.79 Å². The molecule has 0 amide bonds. The summed E-state index contributed by atoms with van der Waals surface area (Å²) in [6, 6.07) is 14.2. The van der Waals surface area contributed by atoms with Crippen molar-refractivity contribution in [3.63, 3.8) is 0 Å². The van der Waals surface area contributed by atoms with E-state index >= 15 is 0 Å². The molecule has 2 rings (SSSR count). The largest absolute Gasteiger partial charge is 0.490 e.